The van der Waals surface area contributed by atoms with Crippen molar-refractivity contribution >= 4 is 17.7 Å². The van der Waals surface area contributed by atoms with Crippen LogP contribution in [0.5, 0.6) is 11.5 Å². The molecular weight excluding hydrogens is 418 g/mol. The summed E-state index contributed by atoms with van der Waals surface area (Å²) in [5.74, 6) is 1.18. The van der Waals surface area contributed by atoms with E-state index in [9.17, 15) is 14.7 Å². The molecule has 1 fully saturated rings. The number of carbonyl (C=O) groups is 2. The largest absolute Gasteiger partial charge is 0.465 e. The van der Waals surface area contributed by atoms with Crippen molar-refractivity contribution in [2.75, 3.05) is 11.4 Å². The van der Waals surface area contributed by atoms with Gasteiger partial charge in [0.15, 0.2) is 5.75 Å². The topological polar surface area (TPSA) is 76.1 Å². The van der Waals surface area contributed by atoms with Crippen LogP contribution in [0.1, 0.15) is 64.7 Å². The fourth-order valence-electron chi connectivity index (χ4n) is 4.25. The SMILES string of the molecule is CCCCCC[C@@H]1C(=O)O[C@H]1CCCCCN(C(=O)O)c1ccccc1Oc1ccccc1. The van der Waals surface area contributed by atoms with E-state index in [2.05, 4.69) is 6.92 Å². The average Bonchev–Trinajstić information content (AvgIpc) is 2.81. The minimum Gasteiger partial charge on any atom is -0.465 e. The van der Waals surface area contributed by atoms with Crippen LogP contribution in [0.2, 0.25) is 0 Å². The Kier molecular flexibility index (Phi) is 9.60. The van der Waals surface area contributed by atoms with Gasteiger partial charge in [-0.3, -0.25) is 9.69 Å². The first kappa shape index (κ1) is 24.6. The number of hydrogen-bond donors (Lipinski definition) is 1. The Morgan fingerprint density at radius 1 is 0.939 bits per heavy atom. The molecule has 1 amide bonds. The highest BCUT2D eigenvalue weighted by atomic mass is 16.6. The van der Waals surface area contributed by atoms with Crippen molar-refractivity contribution in [2.45, 2.75) is 70.8 Å². The molecule has 1 saturated heterocycles. The normalized spacial score (nSPS) is 17.2. The second-order valence-corrected chi connectivity index (χ2v) is 8.60. The molecule has 1 N–H and O–H groups in total. The van der Waals surface area contributed by atoms with Crippen molar-refractivity contribution in [3.8, 4) is 11.5 Å². The van der Waals surface area contributed by atoms with Crippen molar-refractivity contribution < 1.29 is 24.2 Å². The summed E-state index contributed by atoms with van der Waals surface area (Å²) in [4.78, 5) is 25.1. The molecule has 2 aromatic carbocycles. The summed E-state index contributed by atoms with van der Waals surface area (Å²) in [6.07, 6.45) is 8.00. The lowest BCUT2D eigenvalue weighted by Crippen LogP contribution is -2.44. The Labute approximate surface area is 196 Å². The maximum Gasteiger partial charge on any atom is 0.411 e. The third-order valence-electron chi connectivity index (χ3n) is 6.12. The molecule has 1 heterocycles. The molecule has 0 bridgehead atoms. The highest BCUT2D eigenvalue weighted by molar-refractivity contribution is 5.88. The van der Waals surface area contributed by atoms with Crippen molar-refractivity contribution in [3.63, 3.8) is 0 Å². The lowest BCUT2D eigenvalue weighted by molar-refractivity contribution is -0.186. The zero-order valence-electron chi connectivity index (χ0n) is 19.4. The maximum absolute atomic E-state index is 12.0. The van der Waals surface area contributed by atoms with Gasteiger partial charge in [-0.15, -0.1) is 0 Å². The Morgan fingerprint density at radius 3 is 2.36 bits per heavy atom. The van der Waals surface area contributed by atoms with Crippen molar-refractivity contribution in [3.05, 3.63) is 54.6 Å². The molecule has 6 heteroatoms. The van der Waals surface area contributed by atoms with Gasteiger partial charge in [0.1, 0.15) is 11.9 Å². The third-order valence-corrected chi connectivity index (χ3v) is 6.12. The van der Waals surface area contributed by atoms with Crippen LogP contribution >= 0.6 is 0 Å². The predicted octanol–water partition coefficient (Wildman–Crippen LogP) is 7.04. The zero-order valence-corrected chi connectivity index (χ0v) is 19.4. The summed E-state index contributed by atoms with van der Waals surface area (Å²) < 4.78 is 11.3. The number of cyclic esters (lactones) is 1. The van der Waals surface area contributed by atoms with Crippen LogP contribution in [0.3, 0.4) is 0 Å². The molecular formula is C27H35NO5. The number of nitrogens with zero attached hydrogens (tertiary/aromatic N) is 1. The minimum atomic E-state index is -1.00. The van der Waals surface area contributed by atoms with Crippen molar-refractivity contribution in [2.24, 2.45) is 5.92 Å². The van der Waals surface area contributed by atoms with Gasteiger partial charge in [0.25, 0.3) is 0 Å². The number of carboxylic acid groups (broad SMARTS) is 1. The number of hydrogen-bond acceptors (Lipinski definition) is 4. The van der Waals surface area contributed by atoms with Crippen LogP contribution in [-0.4, -0.2) is 29.8 Å². The summed E-state index contributed by atoms with van der Waals surface area (Å²) in [6.45, 7) is 2.57. The number of rotatable bonds is 14. The van der Waals surface area contributed by atoms with Crippen LogP contribution in [0, 0.1) is 5.92 Å². The summed E-state index contributed by atoms with van der Waals surface area (Å²) in [5, 5.41) is 9.81. The molecule has 2 atom stereocenters. The van der Waals surface area contributed by atoms with Crippen molar-refractivity contribution in [1.29, 1.82) is 0 Å². The summed E-state index contributed by atoms with van der Waals surface area (Å²) in [6, 6.07) is 16.5. The Hall–Kier alpha value is -3.02. The van der Waals surface area contributed by atoms with E-state index in [-0.39, 0.29) is 18.0 Å². The van der Waals surface area contributed by atoms with E-state index in [4.69, 9.17) is 9.47 Å². The first-order valence-electron chi connectivity index (χ1n) is 12.1. The van der Waals surface area contributed by atoms with Gasteiger partial charge in [0.05, 0.1) is 11.6 Å². The van der Waals surface area contributed by atoms with Gasteiger partial charge in [-0.2, -0.15) is 0 Å². The first-order valence-corrected chi connectivity index (χ1v) is 12.1. The number of ether oxygens (including phenoxy) is 2. The van der Waals surface area contributed by atoms with Gasteiger partial charge >= 0.3 is 12.1 Å². The van der Waals surface area contributed by atoms with E-state index >= 15 is 0 Å². The molecule has 0 unspecified atom stereocenters. The van der Waals surface area contributed by atoms with E-state index < -0.39 is 6.09 Å². The van der Waals surface area contributed by atoms with Crippen LogP contribution in [-0.2, 0) is 9.53 Å². The standard InChI is InChI=1S/C27H35NO5/c1-2-3-4-9-16-22-24(33-26(22)29)18-10-6-13-20-28(27(30)31)23-17-11-12-19-25(23)32-21-14-7-5-8-15-21/h5,7-8,11-12,14-15,17,19,22,24H,2-4,6,9-10,13,16,18,20H2,1H3,(H,30,31)/t22-,24-/m0/s1. The number of amides is 1. The highest BCUT2D eigenvalue weighted by Gasteiger charge is 2.40. The van der Waals surface area contributed by atoms with Crippen LogP contribution in [0.4, 0.5) is 10.5 Å². The number of para-hydroxylation sites is 3. The molecule has 0 aromatic heterocycles. The van der Waals surface area contributed by atoms with Gasteiger partial charge in [-0.05, 0) is 49.9 Å². The monoisotopic (exact) mass is 453 g/mol. The average molecular weight is 454 g/mol. The Bertz CT molecular complexity index is 885. The van der Waals surface area contributed by atoms with E-state index in [1.807, 2.05) is 42.5 Å². The molecule has 1 aliphatic rings. The zero-order chi connectivity index (χ0) is 23.5. The van der Waals surface area contributed by atoms with Crippen LogP contribution in [0.25, 0.3) is 0 Å². The molecule has 6 nitrogen and oxygen atoms in total. The molecule has 1 aliphatic heterocycles. The first-order chi connectivity index (χ1) is 16.1. The van der Waals surface area contributed by atoms with Crippen LogP contribution < -0.4 is 9.64 Å². The number of esters is 1. The van der Waals surface area contributed by atoms with Gasteiger partial charge in [0, 0.05) is 6.54 Å². The number of benzene rings is 2. The Morgan fingerprint density at radius 2 is 1.64 bits per heavy atom. The number of anilines is 1. The molecule has 0 aliphatic carbocycles. The molecule has 0 saturated carbocycles. The molecule has 178 valence electrons. The fraction of sp³-hybridized carbons (Fsp3) is 0.481. The highest BCUT2D eigenvalue weighted by Crippen LogP contribution is 2.33. The summed E-state index contributed by atoms with van der Waals surface area (Å²) in [7, 11) is 0. The van der Waals surface area contributed by atoms with E-state index in [0.29, 0.717) is 23.7 Å². The lowest BCUT2D eigenvalue weighted by Gasteiger charge is -2.35. The minimum absolute atomic E-state index is 0.0368. The van der Waals surface area contributed by atoms with Gasteiger partial charge in [-0.1, -0.05) is 69.4 Å². The molecule has 0 radical (unpaired) electrons. The summed E-state index contributed by atoms with van der Waals surface area (Å²) in [5.41, 5.74) is 0.536. The predicted molar refractivity (Wildman–Crippen MR) is 129 cm³/mol. The lowest BCUT2D eigenvalue weighted by atomic mass is 9.87. The van der Waals surface area contributed by atoms with Crippen molar-refractivity contribution in [1.82, 2.24) is 0 Å². The van der Waals surface area contributed by atoms with Crippen LogP contribution in [0.15, 0.2) is 54.6 Å². The van der Waals surface area contributed by atoms with E-state index in [1.54, 1.807) is 12.1 Å². The smallest absolute Gasteiger partial charge is 0.411 e. The molecule has 33 heavy (non-hydrogen) atoms. The molecule has 3 rings (SSSR count). The second-order valence-electron chi connectivity index (χ2n) is 8.60. The van der Waals surface area contributed by atoms with Gasteiger partial charge in [0.2, 0.25) is 0 Å². The molecule has 2 aromatic rings. The molecule has 0 spiro atoms. The fourth-order valence-corrected chi connectivity index (χ4v) is 4.25. The maximum atomic E-state index is 12.0. The van der Waals surface area contributed by atoms with E-state index in [0.717, 1.165) is 38.5 Å². The second kappa shape index (κ2) is 12.9. The summed E-state index contributed by atoms with van der Waals surface area (Å²) >= 11 is 0. The number of carbonyl (C=O) groups excluding carboxylic acids is 1. The third kappa shape index (κ3) is 7.24. The van der Waals surface area contributed by atoms with E-state index in [1.165, 1.54) is 24.2 Å². The number of unbranched alkanes of at least 4 members (excludes halogenated alkanes) is 5. The van der Waals surface area contributed by atoms with Gasteiger partial charge < -0.3 is 14.6 Å². The van der Waals surface area contributed by atoms with Gasteiger partial charge in [-0.25, -0.2) is 4.79 Å². The Balaban J connectivity index is 1.46. The quantitative estimate of drug-likeness (QED) is 0.245.